The van der Waals surface area contributed by atoms with Crippen molar-refractivity contribution >= 4 is 11.9 Å². The first-order valence-electron chi connectivity index (χ1n) is 5.20. The number of H-pyrrole nitrogens is 1. The number of aromatic nitrogens is 1. The van der Waals surface area contributed by atoms with Crippen molar-refractivity contribution in [3.63, 3.8) is 0 Å². The molecule has 1 aliphatic heterocycles. The largest absolute Gasteiger partial charge is 0.329 e. The van der Waals surface area contributed by atoms with E-state index in [0.717, 1.165) is 5.56 Å². The van der Waals surface area contributed by atoms with Crippen LogP contribution in [0.25, 0.3) is 0 Å². The van der Waals surface area contributed by atoms with Gasteiger partial charge in [0.25, 0.3) is 0 Å². The quantitative estimate of drug-likeness (QED) is 0.727. The van der Waals surface area contributed by atoms with Gasteiger partial charge < -0.3 is 9.88 Å². The van der Waals surface area contributed by atoms with Crippen LogP contribution in [0.2, 0.25) is 0 Å². The highest BCUT2D eigenvalue weighted by Gasteiger charge is 2.41. The van der Waals surface area contributed by atoms with E-state index >= 15 is 0 Å². The first kappa shape index (κ1) is 11.4. The molecule has 17 heavy (non-hydrogen) atoms. The molecule has 1 aromatic heterocycles. The van der Waals surface area contributed by atoms with Crippen molar-refractivity contribution in [2.75, 3.05) is 7.05 Å². The highest BCUT2D eigenvalue weighted by atomic mass is 16.2. The van der Waals surface area contributed by atoms with Gasteiger partial charge in [-0.1, -0.05) is 0 Å². The average Bonchev–Trinajstić information content (AvgIpc) is 2.26. The Hall–Kier alpha value is -2.11. The van der Waals surface area contributed by atoms with E-state index in [1.807, 2.05) is 0 Å². The second kappa shape index (κ2) is 3.73. The lowest BCUT2D eigenvalue weighted by Gasteiger charge is -2.41. The standard InChI is InChI=1S/C11H13N3O3/c1-11(7-3-4-8(15)12-6-7)5-9(16)13-10(17)14(11)2/h3-4,6H,5H2,1-2H3,(H,12,15)(H,13,16,17). The lowest BCUT2D eigenvalue weighted by molar-refractivity contribution is -0.124. The Morgan fingerprint density at radius 3 is 2.59 bits per heavy atom. The van der Waals surface area contributed by atoms with Crippen LogP contribution in [-0.2, 0) is 10.3 Å². The number of aromatic amines is 1. The summed E-state index contributed by atoms with van der Waals surface area (Å²) in [7, 11) is 1.62. The molecule has 1 unspecified atom stereocenters. The lowest BCUT2D eigenvalue weighted by atomic mass is 9.86. The summed E-state index contributed by atoms with van der Waals surface area (Å²) >= 11 is 0. The second-order valence-corrected chi connectivity index (χ2v) is 4.30. The average molecular weight is 235 g/mol. The van der Waals surface area contributed by atoms with Gasteiger partial charge in [-0.2, -0.15) is 0 Å². The van der Waals surface area contributed by atoms with E-state index in [-0.39, 0.29) is 17.9 Å². The van der Waals surface area contributed by atoms with Crippen molar-refractivity contribution < 1.29 is 9.59 Å². The monoisotopic (exact) mass is 235 g/mol. The highest BCUT2D eigenvalue weighted by molar-refractivity contribution is 5.97. The van der Waals surface area contributed by atoms with Crippen LogP contribution in [0.4, 0.5) is 4.79 Å². The topological polar surface area (TPSA) is 82.3 Å². The van der Waals surface area contributed by atoms with Crippen molar-refractivity contribution in [3.05, 3.63) is 34.2 Å². The molecule has 1 saturated heterocycles. The van der Waals surface area contributed by atoms with E-state index in [4.69, 9.17) is 0 Å². The molecule has 3 amide bonds. The summed E-state index contributed by atoms with van der Waals surface area (Å²) < 4.78 is 0. The molecule has 2 rings (SSSR count). The maximum Gasteiger partial charge on any atom is 0.324 e. The van der Waals surface area contributed by atoms with Crippen LogP contribution >= 0.6 is 0 Å². The fourth-order valence-electron chi connectivity index (χ4n) is 1.94. The minimum atomic E-state index is -0.733. The minimum absolute atomic E-state index is 0.168. The van der Waals surface area contributed by atoms with Gasteiger partial charge in [0, 0.05) is 19.3 Å². The fourth-order valence-corrected chi connectivity index (χ4v) is 1.94. The van der Waals surface area contributed by atoms with Crippen LogP contribution < -0.4 is 10.9 Å². The molecule has 1 aliphatic rings. The molecule has 6 nitrogen and oxygen atoms in total. The van der Waals surface area contributed by atoms with Crippen LogP contribution in [0.1, 0.15) is 18.9 Å². The Balaban J connectivity index is 2.46. The zero-order valence-corrected chi connectivity index (χ0v) is 9.61. The summed E-state index contributed by atoms with van der Waals surface area (Å²) in [6, 6.07) is 2.57. The summed E-state index contributed by atoms with van der Waals surface area (Å²) in [5, 5.41) is 2.24. The Morgan fingerprint density at radius 1 is 1.29 bits per heavy atom. The van der Waals surface area contributed by atoms with Crippen molar-refractivity contribution in [2.45, 2.75) is 18.9 Å². The summed E-state index contributed by atoms with van der Waals surface area (Å²) in [4.78, 5) is 38.0. The third kappa shape index (κ3) is 1.82. The number of pyridine rings is 1. The zero-order chi connectivity index (χ0) is 12.6. The van der Waals surface area contributed by atoms with Crippen molar-refractivity contribution in [1.29, 1.82) is 0 Å². The summed E-state index contributed by atoms with van der Waals surface area (Å²) in [6.45, 7) is 1.79. The number of carbonyl (C=O) groups is 2. The van der Waals surface area contributed by atoms with Gasteiger partial charge in [0.05, 0.1) is 12.0 Å². The van der Waals surface area contributed by atoms with E-state index in [0.29, 0.717) is 0 Å². The van der Waals surface area contributed by atoms with E-state index < -0.39 is 11.6 Å². The van der Waals surface area contributed by atoms with Crippen LogP contribution in [-0.4, -0.2) is 28.9 Å². The van der Waals surface area contributed by atoms with Gasteiger partial charge in [-0.3, -0.25) is 14.9 Å². The number of nitrogens with one attached hydrogen (secondary N) is 2. The molecule has 0 aliphatic carbocycles. The molecular formula is C11H13N3O3. The van der Waals surface area contributed by atoms with E-state index in [9.17, 15) is 14.4 Å². The SMILES string of the molecule is CN1C(=O)NC(=O)CC1(C)c1ccc(=O)[nH]c1. The smallest absolute Gasteiger partial charge is 0.324 e. The number of rotatable bonds is 1. The number of amides is 3. The maximum absolute atomic E-state index is 11.6. The molecule has 0 bridgehead atoms. The molecule has 1 fully saturated rings. The van der Waals surface area contributed by atoms with Crippen LogP contribution in [0.15, 0.2) is 23.1 Å². The van der Waals surface area contributed by atoms with Crippen molar-refractivity contribution in [1.82, 2.24) is 15.2 Å². The van der Waals surface area contributed by atoms with Gasteiger partial charge in [-0.15, -0.1) is 0 Å². The van der Waals surface area contributed by atoms with Gasteiger partial charge in [-0.25, -0.2) is 4.79 Å². The van der Waals surface area contributed by atoms with Crippen molar-refractivity contribution in [3.8, 4) is 0 Å². The molecule has 0 saturated carbocycles. The molecule has 6 heteroatoms. The number of urea groups is 1. The Bertz CT molecular complexity index is 517. The Labute approximate surface area is 97.6 Å². The lowest BCUT2D eigenvalue weighted by Crippen LogP contribution is -2.58. The third-order valence-electron chi connectivity index (χ3n) is 3.20. The molecule has 90 valence electrons. The van der Waals surface area contributed by atoms with Gasteiger partial charge in [0.15, 0.2) is 0 Å². The van der Waals surface area contributed by atoms with E-state index in [1.54, 1.807) is 20.0 Å². The fraction of sp³-hybridized carbons (Fsp3) is 0.364. The van der Waals surface area contributed by atoms with Crippen LogP contribution in [0.5, 0.6) is 0 Å². The summed E-state index contributed by atoms with van der Waals surface area (Å²) in [5.41, 5.74) is -0.224. The van der Waals surface area contributed by atoms with Crippen molar-refractivity contribution in [2.24, 2.45) is 0 Å². The molecular weight excluding hydrogens is 222 g/mol. The number of hydrogen-bond donors (Lipinski definition) is 2. The Morgan fingerprint density at radius 2 is 2.00 bits per heavy atom. The molecule has 1 atom stereocenters. The molecule has 2 heterocycles. The van der Waals surface area contributed by atoms with Gasteiger partial charge in [0.2, 0.25) is 11.5 Å². The predicted molar refractivity (Wildman–Crippen MR) is 60.3 cm³/mol. The van der Waals surface area contributed by atoms with Gasteiger partial charge >= 0.3 is 6.03 Å². The van der Waals surface area contributed by atoms with Crippen LogP contribution in [0.3, 0.4) is 0 Å². The normalized spacial score (nSPS) is 24.7. The minimum Gasteiger partial charge on any atom is -0.329 e. The summed E-state index contributed by atoms with van der Waals surface area (Å²) in [6.07, 6.45) is 1.70. The van der Waals surface area contributed by atoms with Gasteiger partial charge in [0.1, 0.15) is 0 Å². The molecule has 2 N–H and O–H groups in total. The number of nitrogens with zero attached hydrogens (tertiary/aromatic N) is 1. The number of imide groups is 1. The second-order valence-electron chi connectivity index (χ2n) is 4.30. The maximum atomic E-state index is 11.6. The predicted octanol–water partition coefficient (Wildman–Crippen LogP) is 0.162. The molecule has 0 aromatic carbocycles. The first-order valence-corrected chi connectivity index (χ1v) is 5.20. The number of carbonyl (C=O) groups excluding carboxylic acids is 2. The number of hydrogen-bond acceptors (Lipinski definition) is 3. The van der Waals surface area contributed by atoms with Gasteiger partial charge in [-0.05, 0) is 18.6 Å². The highest BCUT2D eigenvalue weighted by Crippen LogP contribution is 2.32. The first-order chi connectivity index (χ1) is 7.93. The summed E-state index contributed by atoms with van der Waals surface area (Å²) in [5.74, 6) is -0.318. The van der Waals surface area contributed by atoms with E-state index in [2.05, 4.69) is 10.3 Å². The zero-order valence-electron chi connectivity index (χ0n) is 9.61. The molecule has 0 spiro atoms. The Kier molecular flexibility index (Phi) is 2.49. The molecule has 0 radical (unpaired) electrons. The molecule has 1 aromatic rings. The third-order valence-corrected chi connectivity index (χ3v) is 3.20. The van der Waals surface area contributed by atoms with Crippen LogP contribution in [0, 0.1) is 0 Å². The van der Waals surface area contributed by atoms with E-state index in [1.165, 1.54) is 17.2 Å².